The van der Waals surface area contributed by atoms with Crippen molar-refractivity contribution in [2.24, 2.45) is 5.92 Å². The van der Waals surface area contributed by atoms with Gasteiger partial charge in [-0.2, -0.15) is 0 Å². The molecule has 2 rings (SSSR count). The molecule has 0 unspecified atom stereocenters. The summed E-state index contributed by atoms with van der Waals surface area (Å²) in [6.07, 6.45) is 1.53. The van der Waals surface area contributed by atoms with Crippen LogP contribution >= 0.6 is 35.0 Å². The smallest absolute Gasteiger partial charge is 0.293 e. The molecule has 0 radical (unpaired) electrons. The summed E-state index contributed by atoms with van der Waals surface area (Å²) in [7, 11) is 0. The van der Waals surface area contributed by atoms with Gasteiger partial charge >= 0.3 is 0 Å². The number of carbonyl (C=O) groups is 4. The van der Waals surface area contributed by atoms with Crippen molar-refractivity contribution in [1.29, 1.82) is 0 Å². The van der Waals surface area contributed by atoms with E-state index in [0.29, 0.717) is 15.6 Å². The fourth-order valence-electron chi connectivity index (χ4n) is 2.34. The van der Waals surface area contributed by atoms with Gasteiger partial charge in [-0.3, -0.25) is 24.1 Å². The van der Waals surface area contributed by atoms with E-state index < -0.39 is 23.1 Å². The highest BCUT2D eigenvalue weighted by Gasteiger charge is 2.34. The van der Waals surface area contributed by atoms with E-state index in [1.54, 1.807) is 39.0 Å². The van der Waals surface area contributed by atoms with E-state index in [0.717, 1.165) is 16.7 Å². The molecule has 156 valence electrons. The van der Waals surface area contributed by atoms with Crippen molar-refractivity contribution < 1.29 is 19.2 Å². The Hall–Kier alpha value is -2.03. The van der Waals surface area contributed by atoms with Crippen LogP contribution in [0.3, 0.4) is 0 Å². The Labute approximate surface area is 183 Å². The van der Waals surface area contributed by atoms with Crippen LogP contribution in [0.25, 0.3) is 6.08 Å². The fourth-order valence-corrected chi connectivity index (χ4v) is 3.66. The zero-order chi connectivity index (χ0) is 21.7. The summed E-state index contributed by atoms with van der Waals surface area (Å²) in [5, 5.41) is 5.60. The van der Waals surface area contributed by atoms with Crippen LogP contribution < -0.4 is 10.6 Å². The van der Waals surface area contributed by atoms with Gasteiger partial charge in [0, 0.05) is 29.1 Å². The molecule has 2 N–H and O–H groups in total. The van der Waals surface area contributed by atoms with Crippen LogP contribution in [0.15, 0.2) is 23.1 Å². The molecule has 1 aliphatic heterocycles. The lowest BCUT2D eigenvalue weighted by Crippen LogP contribution is -2.47. The second-order valence-corrected chi connectivity index (χ2v) is 8.51. The lowest BCUT2D eigenvalue weighted by atomic mass is 10.2. The summed E-state index contributed by atoms with van der Waals surface area (Å²) in [5.41, 5.74) is 0.574. The quantitative estimate of drug-likeness (QED) is 0.612. The highest BCUT2D eigenvalue weighted by molar-refractivity contribution is 8.18. The molecule has 0 aliphatic carbocycles. The van der Waals surface area contributed by atoms with Crippen molar-refractivity contribution in [3.8, 4) is 0 Å². The molecule has 1 saturated heterocycles. The normalized spacial score (nSPS) is 16.5. The number of hydrogen-bond acceptors (Lipinski definition) is 5. The maximum Gasteiger partial charge on any atom is 0.293 e. The number of amides is 4. The molecule has 1 fully saturated rings. The van der Waals surface area contributed by atoms with Crippen molar-refractivity contribution in [1.82, 2.24) is 15.5 Å². The van der Waals surface area contributed by atoms with E-state index in [4.69, 9.17) is 23.2 Å². The molecule has 1 aromatic rings. The molecule has 4 amide bonds. The van der Waals surface area contributed by atoms with E-state index in [9.17, 15) is 19.2 Å². The predicted octanol–water partition coefficient (Wildman–Crippen LogP) is 3.31. The Kier molecular flexibility index (Phi) is 8.13. The summed E-state index contributed by atoms with van der Waals surface area (Å²) < 4.78 is 0. The number of rotatable bonds is 7. The van der Waals surface area contributed by atoms with Gasteiger partial charge in [-0.25, -0.2) is 0 Å². The predicted molar refractivity (Wildman–Crippen MR) is 115 cm³/mol. The summed E-state index contributed by atoms with van der Waals surface area (Å²) in [6, 6.07) is 4.13. The third-order valence-corrected chi connectivity index (χ3v) is 5.50. The van der Waals surface area contributed by atoms with Gasteiger partial charge in [-0.05, 0) is 42.5 Å². The molecule has 1 aromatic carbocycles. The van der Waals surface area contributed by atoms with Crippen LogP contribution in [0.2, 0.25) is 10.0 Å². The third kappa shape index (κ3) is 6.22. The Balaban J connectivity index is 1.93. The molecule has 0 spiro atoms. The van der Waals surface area contributed by atoms with Gasteiger partial charge in [0.25, 0.3) is 11.1 Å². The first-order valence-corrected chi connectivity index (χ1v) is 10.5. The molecule has 0 saturated carbocycles. The van der Waals surface area contributed by atoms with Crippen molar-refractivity contribution in [3.05, 3.63) is 38.7 Å². The second kappa shape index (κ2) is 10.1. The SMILES string of the molecule is CC(C)C(=O)N[C@H](C)C(=O)NCCN1C(=O)S/C(=C\c2ccc(Cl)cc2Cl)C1=O. The summed E-state index contributed by atoms with van der Waals surface area (Å²) >= 11 is 12.8. The molecule has 0 bridgehead atoms. The minimum Gasteiger partial charge on any atom is -0.353 e. The molecule has 29 heavy (non-hydrogen) atoms. The van der Waals surface area contributed by atoms with E-state index in [1.807, 2.05) is 0 Å². The lowest BCUT2D eigenvalue weighted by molar-refractivity contribution is -0.130. The lowest BCUT2D eigenvalue weighted by Gasteiger charge is -2.17. The van der Waals surface area contributed by atoms with Gasteiger partial charge in [0.2, 0.25) is 11.8 Å². The van der Waals surface area contributed by atoms with Gasteiger partial charge in [-0.1, -0.05) is 43.1 Å². The molecule has 1 aliphatic rings. The van der Waals surface area contributed by atoms with E-state index >= 15 is 0 Å². The van der Waals surface area contributed by atoms with Gasteiger partial charge < -0.3 is 10.6 Å². The number of nitrogens with one attached hydrogen (secondary N) is 2. The van der Waals surface area contributed by atoms with Gasteiger partial charge in [0.15, 0.2) is 0 Å². The Morgan fingerprint density at radius 1 is 1.17 bits per heavy atom. The summed E-state index contributed by atoms with van der Waals surface area (Å²) in [4.78, 5) is 49.6. The highest BCUT2D eigenvalue weighted by atomic mass is 35.5. The number of carbonyl (C=O) groups excluding carboxylic acids is 4. The molecular weight excluding hydrogens is 437 g/mol. The standard InChI is InChI=1S/C19H21Cl2N3O4S/c1-10(2)16(25)23-11(3)17(26)22-6-7-24-18(27)15(29-19(24)28)8-12-4-5-13(20)9-14(12)21/h4-5,8-11H,6-7H2,1-3H3,(H,22,26)(H,23,25)/b15-8-/t11-/m1/s1. The zero-order valence-electron chi connectivity index (χ0n) is 16.1. The van der Waals surface area contributed by atoms with Crippen LogP contribution in [0, 0.1) is 5.92 Å². The maximum atomic E-state index is 12.5. The summed E-state index contributed by atoms with van der Waals surface area (Å²) in [5.74, 6) is -1.32. The van der Waals surface area contributed by atoms with Crippen LogP contribution in [-0.2, 0) is 14.4 Å². The van der Waals surface area contributed by atoms with Crippen molar-refractivity contribution in [3.63, 3.8) is 0 Å². The third-order valence-electron chi connectivity index (χ3n) is 4.03. The Morgan fingerprint density at radius 2 is 1.86 bits per heavy atom. The van der Waals surface area contributed by atoms with Crippen molar-refractivity contribution >= 4 is 64.0 Å². The monoisotopic (exact) mass is 457 g/mol. The van der Waals surface area contributed by atoms with Crippen LogP contribution in [0.1, 0.15) is 26.3 Å². The van der Waals surface area contributed by atoms with Crippen LogP contribution in [0.4, 0.5) is 4.79 Å². The molecule has 10 heteroatoms. The number of hydrogen-bond donors (Lipinski definition) is 2. The number of nitrogens with zero attached hydrogens (tertiary/aromatic N) is 1. The van der Waals surface area contributed by atoms with Crippen LogP contribution in [0.5, 0.6) is 0 Å². The molecular formula is C19H21Cl2N3O4S. The number of benzene rings is 1. The average Bonchev–Trinajstić information content (AvgIpc) is 2.91. The number of thioether (sulfide) groups is 1. The number of imide groups is 1. The van der Waals surface area contributed by atoms with E-state index in [1.165, 1.54) is 6.08 Å². The maximum absolute atomic E-state index is 12.5. The highest BCUT2D eigenvalue weighted by Crippen LogP contribution is 2.33. The van der Waals surface area contributed by atoms with Crippen molar-refractivity contribution in [2.75, 3.05) is 13.1 Å². The van der Waals surface area contributed by atoms with Crippen LogP contribution in [-0.4, -0.2) is 47.0 Å². The Morgan fingerprint density at radius 3 is 2.48 bits per heavy atom. The first-order valence-electron chi connectivity index (χ1n) is 8.88. The first-order chi connectivity index (χ1) is 13.6. The van der Waals surface area contributed by atoms with Crippen molar-refractivity contribution in [2.45, 2.75) is 26.8 Å². The zero-order valence-corrected chi connectivity index (χ0v) is 18.5. The second-order valence-electron chi connectivity index (χ2n) is 6.68. The summed E-state index contributed by atoms with van der Waals surface area (Å²) in [6.45, 7) is 5.12. The van der Waals surface area contributed by atoms with Gasteiger partial charge in [0.05, 0.1) is 4.91 Å². The minimum atomic E-state index is -0.716. The Bertz CT molecular complexity index is 873. The topological polar surface area (TPSA) is 95.6 Å². The molecule has 7 nitrogen and oxygen atoms in total. The molecule has 1 atom stereocenters. The van der Waals surface area contributed by atoms with Gasteiger partial charge in [-0.15, -0.1) is 0 Å². The minimum absolute atomic E-state index is 0.0208. The largest absolute Gasteiger partial charge is 0.353 e. The average molecular weight is 458 g/mol. The molecule has 0 aromatic heterocycles. The molecule has 1 heterocycles. The van der Waals surface area contributed by atoms with E-state index in [-0.39, 0.29) is 29.8 Å². The number of halogens is 2. The fraction of sp³-hybridized carbons (Fsp3) is 0.368. The first kappa shape index (κ1) is 23.3. The van der Waals surface area contributed by atoms with E-state index in [2.05, 4.69) is 10.6 Å². The van der Waals surface area contributed by atoms with Gasteiger partial charge in [0.1, 0.15) is 6.04 Å².